The van der Waals surface area contributed by atoms with E-state index in [0.717, 1.165) is 18.2 Å². The number of carboxylic acid groups (broad SMARTS) is 1. The SMILES string of the molecule is CCCc1noc(-c2cccc3cccc(C(=O)O)c23)n1. The number of rotatable bonds is 4. The molecule has 0 aliphatic rings. The highest BCUT2D eigenvalue weighted by molar-refractivity contribution is 6.09. The average Bonchev–Trinajstić information content (AvgIpc) is 2.94. The Morgan fingerprint density at radius 2 is 2.00 bits per heavy atom. The molecule has 3 rings (SSSR count). The number of aromatic carboxylic acids is 1. The predicted octanol–water partition coefficient (Wildman–Crippen LogP) is 3.54. The van der Waals surface area contributed by atoms with Gasteiger partial charge >= 0.3 is 5.97 Å². The molecule has 0 aliphatic heterocycles. The highest BCUT2D eigenvalue weighted by Crippen LogP contribution is 2.30. The van der Waals surface area contributed by atoms with Crippen molar-refractivity contribution in [2.24, 2.45) is 0 Å². The zero-order chi connectivity index (χ0) is 14.8. The highest BCUT2D eigenvalue weighted by atomic mass is 16.5. The molecule has 0 spiro atoms. The first kappa shape index (κ1) is 13.3. The number of hydrogen-bond acceptors (Lipinski definition) is 4. The van der Waals surface area contributed by atoms with E-state index in [1.54, 1.807) is 18.2 Å². The molecule has 0 unspecified atom stereocenters. The Morgan fingerprint density at radius 1 is 1.24 bits per heavy atom. The van der Waals surface area contributed by atoms with E-state index in [-0.39, 0.29) is 5.56 Å². The first-order valence-corrected chi connectivity index (χ1v) is 6.78. The van der Waals surface area contributed by atoms with Crippen molar-refractivity contribution in [3.05, 3.63) is 47.8 Å². The average molecular weight is 282 g/mol. The van der Waals surface area contributed by atoms with Crippen LogP contribution in [-0.4, -0.2) is 21.2 Å². The van der Waals surface area contributed by atoms with Crippen LogP contribution in [0.2, 0.25) is 0 Å². The summed E-state index contributed by atoms with van der Waals surface area (Å²) in [6, 6.07) is 10.7. The summed E-state index contributed by atoms with van der Waals surface area (Å²) in [6.45, 7) is 2.04. The summed E-state index contributed by atoms with van der Waals surface area (Å²) in [7, 11) is 0. The summed E-state index contributed by atoms with van der Waals surface area (Å²) in [5.74, 6) is 0.0245. The lowest BCUT2D eigenvalue weighted by Gasteiger charge is -2.06. The lowest BCUT2D eigenvalue weighted by Crippen LogP contribution is -1.98. The van der Waals surface area contributed by atoms with Gasteiger partial charge in [0.2, 0.25) is 0 Å². The van der Waals surface area contributed by atoms with Crippen LogP contribution >= 0.6 is 0 Å². The van der Waals surface area contributed by atoms with Crippen molar-refractivity contribution < 1.29 is 14.4 Å². The third-order valence-electron chi connectivity index (χ3n) is 3.31. The number of aryl methyl sites for hydroxylation is 1. The van der Waals surface area contributed by atoms with Crippen LogP contribution in [0.15, 0.2) is 40.9 Å². The summed E-state index contributed by atoms with van der Waals surface area (Å²) in [5.41, 5.74) is 0.888. The van der Waals surface area contributed by atoms with Crippen molar-refractivity contribution in [3.8, 4) is 11.5 Å². The van der Waals surface area contributed by atoms with Gasteiger partial charge in [-0.25, -0.2) is 4.79 Å². The molecule has 1 heterocycles. The van der Waals surface area contributed by atoms with Gasteiger partial charge in [-0.15, -0.1) is 0 Å². The molecule has 5 heteroatoms. The van der Waals surface area contributed by atoms with Crippen LogP contribution in [-0.2, 0) is 6.42 Å². The molecule has 0 atom stereocenters. The van der Waals surface area contributed by atoms with Crippen molar-refractivity contribution in [1.29, 1.82) is 0 Å². The monoisotopic (exact) mass is 282 g/mol. The zero-order valence-electron chi connectivity index (χ0n) is 11.5. The van der Waals surface area contributed by atoms with Crippen LogP contribution in [0.4, 0.5) is 0 Å². The molecule has 0 radical (unpaired) electrons. The molecule has 106 valence electrons. The fourth-order valence-electron chi connectivity index (χ4n) is 2.39. The molecule has 0 aliphatic carbocycles. The van der Waals surface area contributed by atoms with E-state index in [1.807, 2.05) is 25.1 Å². The van der Waals surface area contributed by atoms with Crippen molar-refractivity contribution in [2.75, 3.05) is 0 Å². The second kappa shape index (κ2) is 5.36. The Balaban J connectivity index is 2.23. The molecule has 0 saturated heterocycles. The minimum absolute atomic E-state index is 0.235. The fourth-order valence-corrected chi connectivity index (χ4v) is 2.39. The largest absolute Gasteiger partial charge is 0.478 e. The van der Waals surface area contributed by atoms with Crippen LogP contribution in [0.25, 0.3) is 22.2 Å². The molecule has 0 amide bonds. The van der Waals surface area contributed by atoms with Gasteiger partial charge < -0.3 is 9.63 Å². The normalized spacial score (nSPS) is 10.9. The van der Waals surface area contributed by atoms with Gasteiger partial charge in [0.15, 0.2) is 5.82 Å². The number of aromatic nitrogens is 2. The zero-order valence-corrected chi connectivity index (χ0v) is 11.5. The lowest BCUT2D eigenvalue weighted by atomic mass is 9.99. The quantitative estimate of drug-likeness (QED) is 0.792. The van der Waals surface area contributed by atoms with E-state index in [1.165, 1.54) is 0 Å². The Bertz CT molecular complexity index is 803. The van der Waals surface area contributed by atoms with Gasteiger partial charge in [0.05, 0.1) is 5.56 Å². The second-order valence-corrected chi connectivity index (χ2v) is 4.78. The van der Waals surface area contributed by atoms with E-state index < -0.39 is 5.97 Å². The number of hydrogen-bond donors (Lipinski definition) is 1. The maximum absolute atomic E-state index is 11.4. The highest BCUT2D eigenvalue weighted by Gasteiger charge is 2.16. The molecule has 3 aromatic rings. The number of carboxylic acids is 1. The van der Waals surface area contributed by atoms with E-state index in [0.29, 0.717) is 22.7 Å². The van der Waals surface area contributed by atoms with Crippen molar-refractivity contribution >= 4 is 16.7 Å². The Labute approximate surface area is 121 Å². The standard InChI is InChI=1S/C16H14N2O3/c1-2-5-13-17-15(21-18-13)11-8-3-6-10-7-4-9-12(14(10)11)16(19)20/h3-4,6-9H,2,5H2,1H3,(H,19,20). The molecule has 0 fully saturated rings. The van der Waals surface area contributed by atoms with Gasteiger partial charge in [0.25, 0.3) is 5.89 Å². The number of carbonyl (C=O) groups is 1. The van der Waals surface area contributed by atoms with E-state index >= 15 is 0 Å². The summed E-state index contributed by atoms with van der Waals surface area (Å²) in [4.78, 5) is 15.8. The van der Waals surface area contributed by atoms with Gasteiger partial charge in [-0.3, -0.25) is 0 Å². The van der Waals surface area contributed by atoms with E-state index in [4.69, 9.17) is 4.52 Å². The number of nitrogens with zero attached hydrogens (tertiary/aromatic N) is 2. The van der Waals surface area contributed by atoms with Crippen molar-refractivity contribution in [1.82, 2.24) is 10.1 Å². The van der Waals surface area contributed by atoms with Gasteiger partial charge in [-0.2, -0.15) is 4.98 Å². The van der Waals surface area contributed by atoms with E-state index in [9.17, 15) is 9.90 Å². The second-order valence-electron chi connectivity index (χ2n) is 4.78. The Morgan fingerprint density at radius 3 is 2.71 bits per heavy atom. The molecule has 5 nitrogen and oxygen atoms in total. The maximum atomic E-state index is 11.4. The molecule has 1 N–H and O–H groups in total. The number of benzene rings is 2. The molecule has 21 heavy (non-hydrogen) atoms. The third kappa shape index (κ3) is 2.38. The molecule has 1 aromatic heterocycles. The van der Waals surface area contributed by atoms with E-state index in [2.05, 4.69) is 10.1 Å². The van der Waals surface area contributed by atoms with Crippen LogP contribution in [0.3, 0.4) is 0 Å². The molecular formula is C16H14N2O3. The summed E-state index contributed by atoms with van der Waals surface area (Å²) < 4.78 is 5.29. The number of fused-ring (bicyclic) bond motifs is 1. The first-order chi connectivity index (χ1) is 10.2. The topological polar surface area (TPSA) is 76.2 Å². The molecule has 2 aromatic carbocycles. The van der Waals surface area contributed by atoms with Crippen molar-refractivity contribution in [3.63, 3.8) is 0 Å². The van der Waals surface area contributed by atoms with Crippen molar-refractivity contribution in [2.45, 2.75) is 19.8 Å². The Kier molecular flexibility index (Phi) is 3.39. The molecular weight excluding hydrogens is 268 g/mol. The van der Waals surface area contributed by atoms with Crippen LogP contribution in [0.5, 0.6) is 0 Å². The van der Waals surface area contributed by atoms with Gasteiger partial charge in [-0.1, -0.05) is 36.3 Å². The van der Waals surface area contributed by atoms with Gasteiger partial charge in [0, 0.05) is 17.4 Å². The lowest BCUT2D eigenvalue weighted by molar-refractivity contribution is 0.0699. The van der Waals surface area contributed by atoms with Crippen LogP contribution in [0, 0.1) is 0 Å². The summed E-state index contributed by atoms with van der Waals surface area (Å²) in [6.07, 6.45) is 1.66. The minimum atomic E-state index is -0.971. The summed E-state index contributed by atoms with van der Waals surface area (Å²) in [5, 5.41) is 14.8. The molecule has 0 bridgehead atoms. The summed E-state index contributed by atoms with van der Waals surface area (Å²) >= 11 is 0. The van der Waals surface area contributed by atoms with Gasteiger partial charge in [-0.05, 0) is 23.9 Å². The third-order valence-corrected chi connectivity index (χ3v) is 3.31. The predicted molar refractivity (Wildman–Crippen MR) is 78.2 cm³/mol. The maximum Gasteiger partial charge on any atom is 0.336 e. The van der Waals surface area contributed by atoms with Gasteiger partial charge in [0.1, 0.15) is 0 Å². The van der Waals surface area contributed by atoms with Crippen LogP contribution in [0.1, 0.15) is 29.5 Å². The minimum Gasteiger partial charge on any atom is -0.478 e. The van der Waals surface area contributed by atoms with Crippen LogP contribution < -0.4 is 0 Å². The fraction of sp³-hybridized carbons (Fsp3) is 0.188. The first-order valence-electron chi connectivity index (χ1n) is 6.78. The Hall–Kier alpha value is -2.69. The smallest absolute Gasteiger partial charge is 0.336 e. The molecule has 0 saturated carbocycles.